The quantitative estimate of drug-likeness (QED) is 0.468. The minimum Gasteiger partial charge on any atom is -0.305 e. The van der Waals surface area contributed by atoms with E-state index in [1.54, 1.807) is 0 Å². The van der Waals surface area contributed by atoms with Gasteiger partial charge in [-0.15, -0.1) is 0 Å². The number of hydrogen-bond donors (Lipinski definition) is 0. The predicted molar refractivity (Wildman–Crippen MR) is 50.1 cm³/mol. The zero-order valence-electron chi connectivity index (χ0n) is 6.31. The number of rotatable bonds is 0. The Kier molecular flexibility index (Phi) is 1.69. The first kappa shape index (κ1) is 7.31. The number of hydrogen-bond acceptors (Lipinski definition) is 2. The van der Waals surface area contributed by atoms with E-state index in [2.05, 4.69) is 37.9 Å². The van der Waals surface area contributed by atoms with E-state index in [9.17, 15) is 0 Å². The van der Waals surface area contributed by atoms with Crippen LogP contribution in [0.4, 0.5) is 0 Å². The highest BCUT2D eigenvalue weighted by atomic mass is 127. The number of nitrogens with zero attached hydrogens (tertiary/aromatic N) is 2. The van der Waals surface area contributed by atoms with Crippen LogP contribution in [0.25, 0.3) is 0 Å². The number of halogens is 1. The van der Waals surface area contributed by atoms with Crippen molar-refractivity contribution in [1.29, 1.82) is 0 Å². The van der Waals surface area contributed by atoms with Crippen molar-refractivity contribution in [2.24, 2.45) is 5.41 Å². The molecular formula is C7H13IN2. The average molecular weight is 252 g/mol. The van der Waals surface area contributed by atoms with Crippen molar-refractivity contribution in [3.63, 3.8) is 0 Å². The van der Waals surface area contributed by atoms with E-state index >= 15 is 0 Å². The van der Waals surface area contributed by atoms with Gasteiger partial charge in [0.1, 0.15) is 0 Å². The molecule has 0 atom stereocenters. The average Bonchev–Trinajstić information content (AvgIpc) is 2.10. The summed E-state index contributed by atoms with van der Waals surface area (Å²) in [5, 5.41) is 0. The minimum absolute atomic E-state index is 0.704. The van der Waals surface area contributed by atoms with Crippen molar-refractivity contribution in [2.75, 3.05) is 33.2 Å². The Morgan fingerprint density at radius 2 is 2.00 bits per heavy atom. The van der Waals surface area contributed by atoms with Gasteiger partial charge in [0.2, 0.25) is 0 Å². The molecule has 2 heterocycles. The van der Waals surface area contributed by atoms with Gasteiger partial charge < -0.3 is 4.90 Å². The lowest BCUT2D eigenvalue weighted by atomic mass is 9.80. The molecule has 3 heteroatoms. The first-order chi connectivity index (χ1) is 4.70. The van der Waals surface area contributed by atoms with Crippen LogP contribution in [0, 0.1) is 5.41 Å². The van der Waals surface area contributed by atoms with E-state index in [4.69, 9.17) is 0 Å². The standard InChI is InChI=1S/C7H13IN2/c1-9-4-7(5-9)2-3-10(8)6-7/h2-6H2,1H3. The summed E-state index contributed by atoms with van der Waals surface area (Å²) in [6, 6.07) is 0. The largest absolute Gasteiger partial charge is 0.305 e. The Labute approximate surface area is 76.1 Å². The second-order valence-corrected chi connectivity index (χ2v) is 5.13. The third-order valence-corrected chi connectivity index (χ3v) is 3.43. The second kappa shape index (κ2) is 2.32. The van der Waals surface area contributed by atoms with Crippen molar-refractivity contribution in [2.45, 2.75) is 6.42 Å². The lowest BCUT2D eigenvalue weighted by molar-refractivity contribution is 0.0377. The molecular weight excluding hydrogens is 239 g/mol. The minimum atomic E-state index is 0.704. The summed E-state index contributed by atoms with van der Waals surface area (Å²) < 4.78 is 2.42. The zero-order chi connectivity index (χ0) is 7.19. The van der Waals surface area contributed by atoms with E-state index in [-0.39, 0.29) is 0 Å². The Morgan fingerprint density at radius 1 is 1.30 bits per heavy atom. The van der Waals surface area contributed by atoms with E-state index in [1.165, 1.54) is 32.6 Å². The van der Waals surface area contributed by atoms with Gasteiger partial charge in [0.25, 0.3) is 0 Å². The second-order valence-electron chi connectivity index (χ2n) is 3.77. The van der Waals surface area contributed by atoms with Crippen molar-refractivity contribution >= 4 is 22.9 Å². The Balaban J connectivity index is 1.95. The fraction of sp³-hybridized carbons (Fsp3) is 1.00. The predicted octanol–water partition coefficient (Wildman–Crippen LogP) is 0.974. The fourth-order valence-corrected chi connectivity index (χ4v) is 3.20. The first-order valence-electron chi connectivity index (χ1n) is 3.80. The van der Waals surface area contributed by atoms with Crippen LogP contribution in [0.15, 0.2) is 0 Å². The molecule has 0 bridgehead atoms. The van der Waals surface area contributed by atoms with Crippen molar-refractivity contribution in [1.82, 2.24) is 8.01 Å². The maximum Gasteiger partial charge on any atom is 0.0201 e. The normalized spacial score (nSPS) is 33.0. The van der Waals surface area contributed by atoms with Gasteiger partial charge in [0.15, 0.2) is 0 Å². The summed E-state index contributed by atoms with van der Waals surface area (Å²) in [5.41, 5.74) is 0.704. The summed E-state index contributed by atoms with van der Waals surface area (Å²) >= 11 is 2.44. The van der Waals surface area contributed by atoms with Gasteiger partial charge in [-0.3, -0.25) is 0 Å². The summed E-state index contributed by atoms with van der Waals surface area (Å²) in [6.07, 6.45) is 1.42. The van der Waals surface area contributed by atoms with Crippen LogP contribution in [0.5, 0.6) is 0 Å². The van der Waals surface area contributed by atoms with E-state index in [1.807, 2.05) is 0 Å². The van der Waals surface area contributed by atoms with E-state index in [0.29, 0.717) is 5.41 Å². The number of likely N-dealkylation sites (tertiary alicyclic amines) is 1. The molecule has 0 unspecified atom stereocenters. The molecule has 2 fully saturated rings. The SMILES string of the molecule is CN1CC2(CCN(I)C2)C1. The van der Waals surface area contributed by atoms with Crippen LogP contribution in [-0.4, -0.2) is 41.2 Å². The molecule has 0 saturated carbocycles. The molecule has 2 nitrogen and oxygen atoms in total. The molecule has 10 heavy (non-hydrogen) atoms. The molecule has 2 rings (SSSR count). The lowest BCUT2D eigenvalue weighted by Crippen LogP contribution is -2.55. The van der Waals surface area contributed by atoms with E-state index in [0.717, 1.165) is 0 Å². The molecule has 0 aromatic carbocycles. The highest BCUT2D eigenvalue weighted by Crippen LogP contribution is 2.39. The molecule has 0 aromatic rings. The lowest BCUT2D eigenvalue weighted by Gasteiger charge is -2.45. The van der Waals surface area contributed by atoms with Crippen LogP contribution < -0.4 is 0 Å². The molecule has 0 aliphatic carbocycles. The third-order valence-electron chi connectivity index (χ3n) is 2.60. The highest BCUT2D eigenvalue weighted by Gasteiger charge is 2.45. The molecule has 58 valence electrons. The van der Waals surface area contributed by atoms with Gasteiger partial charge in [-0.25, -0.2) is 3.11 Å². The first-order valence-corrected chi connectivity index (χ1v) is 4.76. The zero-order valence-corrected chi connectivity index (χ0v) is 8.47. The topological polar surface area (TPSA) is 6.48 Å². The summed E-state index contributed by atoms with van der Waals surface area (Å²) in [5.74, 6) is 0. The van der Waals surface area contributed by atoms with Gasteiger partial charge in [-0.05, 0) is 13.5 Å². The summed E-state index contributed by atoms with van der Waals surface area (Å²) in [6.45, 7) is 5.27. The molecule has 0 radical (unpaired) electrons. The summed E-state index contributed by atoms with van der Waals surface area (Å²) in [4.78, 5) is 2.41. The van der Waals surface area contributed by atoms with Gasteiger partial charge >= 0.3 is 0 Å². The molecule has 1 spiro atoms. The van der Waals surface area contributed by atoms with E-state index < -0.39 is 0 Å². The fourth-order valence-electron chi connectivity index (χ4n) is 2.24. The maximum absolute atomic E-state index is 2.44. The smallest absolute Gasteiger partial charge is 0.0201 e. The maximum atomic E-state index is 2.44. The van der Waals surface area contributed by atoms with Crippen molar-refractivity contribution in [3.8, 4) is 0 Å². The highest BCUT2D eigenvalue weighted by molar-refractivity contribution is 14.1. The molecule has 2 aliphatic rings. The molecule has 0 aromatic heterocycles. The third kappa shape index (κ3) is 1.08. The molecule has 2 saturated heterocycles. The Morgan fingerprint density at radius 3 is 2.40 bits per heavy atom. The van der Waals surface area contributed by atoms with Crippen LogP contribution in [0.1, 0.15) is 6.42 Å². The summed E-state index contributed by atoms with van der Waals surface area (Å²) in [7, 11) is 2.21. The molecule has 2 aliphatic heterocycles. The monoisotopic (exact) mass is 252 g/mol. The van der Waals surface area contributed by atoms with Crippen LogP contribution in [0.2, 0.25) is 0 Å². The molecule has 0 N–H and O–H groups in total. The van der Waals surface area contributed by atoms with Crippen LogP contribution in [0.3, 0.4) is 0 Å². The van der Waals surface area contributed by atoms with Gasteiger partial charge in [0, 0.05) is 54.5 Å². The van der Waals surface area contributed by atoms with Crippen LogP contribution in [-0.2, 0) is 0 Å². The van der Waals surface area contributed by atoms with Crippen molar-refractivity contribution < 1.29 is 0 Å². The Bertz CT molecular complexity index is 137. The van der Waals surface area contributed by atoms with Gasteiger partial charge in [-0.2, -0.15) is 0 Å². The van der Waals surface area contributed by atoms with Crippen molar-refractivity contribution in [3.05, 3.63) is 0 Å². The molecule has 0 amide bonds. The van der Waals surface area contributed by atoms with Crippen LogP contribution >= 0.6 is 22.9 Å². The van der Waals surface area contributed by atoms with Gasteiger partial charge in [-0.1, -0.05) is 0 Å². The Hall–Kier alpha value is 0.650. The van der Waals surface area contributed by atoms with Gasteiger partial charge in [0.05, 0.1) is 0 Å².